The summed E-state index contributed by atoms with van der Waals surface area (Å²) in [7, 11) is 0. The van der Waals surface area contributed by atoms with Crippen LogP contribution in [-0.2, 0) is 0 Å². The van der Waals surface area contributed by atoms with Crippen molar-refractivity contribution in [2.75, 3.05) is 6.79 Å². The van der Waals surface area contributed by atoms with Crippen LogP contribution in [0.4, 0.5) is 0 Å². The summed E-state index contributed by atoms with van der Waals surface area (Å²) in [6, 6.07) is 1.72. The number of pyridine rings is 1. The van der Waals surface area contributed by atoms with Crippen molar-refractivity contribution in [1.29, 1.82) is 0 Å². The highest BCUT2D eigenvalue weighted by atomic mass is 16.7. The van der Waals surface area contributed by atoms with E-state index in [1.165, 1.54) is 6.21 Å². The smallest absolute Gasteiger partial charge is 0.231 e. The van der Waals surface area contributed by atoms with Crippen molar-refractivity contribution in [3.63, 3.8) is 0 Å². The number of ether oxygens (including phenoxy) is 2. The number of hydrogen-bond donors (Lipinski definition) is 1. The van der Waals surface area contributed by atoms with E-state index in [0.29, 0.717) is 17.2 Å². The first kappa shape index (κ1) is 6.90. The predicted molar refractivity (Wildman–Crippen MR) is 42.1 cm³/mol. The molecule has 2 N–H and O–H groups in total. The van der Waals surface area contributed by atoms with Crippen LogP contribution in [0.1, 0.15) is 5.69 Å². The summed E-state index contributed by atoms with van der Waals surface area (Å²) >= 11 is 0. The third-order valence-electron chi connectivity index (χ3n) is 1.49. The second kappa shape index (κ2) is 2.69. The molecule has 0 atom stereocenters. The second-order valence-electron chi connectivity index (χ2n) is 2.24. The van der Waals surface area contributed by atoms with Crippen molar-refractivity contribution in [1.82, 2.24) is 4.98 Å². The molecule has 0 saturated carbocycles. The number of rotatable bonds is 1. The molecule has 1 aliphatic rings. The Morgan fingerprint density at radius 1 is 1.50 bits per heavy atom. The molecule has 5 heteroatoms. The third-order valence-corrected chi connectivity index (χ3v) is 1.49. The van der Waals surface area contributed by atoms with E-state index in [9.17, 15) is 0 Å². The Hall–Kier alpha value is -1.78. The predicted octanol–water partition coefficient (Wildman–Crippen LogP) is 0.103. The molecule has 0 radical (unpaired) electrons. The van der Waals surface area contributed by atoms with E-state index in [1.54, 1.807) is 12.3 Å². The second-order valence-corrected chi connectivity index (χ2v) is 2.24. The fourth-order valence-corrected chi connectivity index (χ4v) is 0.964. The van der Waals surface area contributed by atoms with Crippen molar-refractivity contribution in [2.24, 2.45) is 10.9 Å². The number of fused-ring (bicyclic) bond motifs is 1. The zero-order valence-electron chi connectivity index (χ0n) is 6.23. The lowest BCUT2D eigenvalue weighted by molar-refractivity contribution is 0.174. The highest BCUT2D eigenvalue weighted by Crippen LogP contribution is 2.30. The van der Waals surface area contributed by atoms with Gasteiger partial charge < -0.3 is 15.3 Å². The van der Waals surface area contributed by atoms with Crippen molar-refractivity contribution < 1.29 is 9.47 Å². The van der Waals surface area contributed by atoms with Gasteiger partial charge in [-0.05, 0) is 0 Å². The third kappa shape index (κ3) is 1.05. The molecule has 12 heavy (non-hydrogen) atoms. The van der Waals surface area contributed by atoms with Gasteiger partial charge in [-0.25, -0.2) is 0 Å². The number of nitrogens with two attached hydrogens (primary N) is 1. The molecular formula is C7H7N3O2. The average Bonchev–Trinajstić information content (AvgIpc) is 2.51. The van der Waals surface area contributed by atoms with Crippen molar-refractivity contribution in [3.8, 4) is 11.5 Å². The lowest BCUT2D eigenvalue weighted by Gasteiger charge is -1.94. The fourth-order valence-electron chi connectivity index (χ4n) is 0.964. The van der Waals surface area contributed by atoms with Gasteiger partial charge in [-0.15, -0.1) is 0 Å². The van der Waals surface area contributed by atoms with E-state index in [-0.39, 0.29) is 6.79 Å². The SMILES string of the molecule is N/N=C/c1cc2c(cn1)OCO2. The molecule has 0 unspecified atom stereocenters. The number of hydrazone groups is 1. The van der Waals surface area contributed by atoms with Crippen molar-refractivity contribution in [3.05, 3.63) is 18.0 Å². The molecule has 0 bridgehead atoms. The maximum absolute atomic E-state index is 5.12. The first-order valence-electron chi connectivity index (χ1n) is 3.39. The van der Waals surface area contributed by atoms with Crippen LogP contribution in [0.5, 0.6) is 11.5 Å². The minimum absolute atomic E-state index is 0.250. The minimum Gasteiger partial charge on any atom is -0.453 e. The molecule has 0 amide bonds. The average molecular weight is 165 g/mol. The van der Waals surface area contributed by atoms with E-state index in [2.05, 4.69) is 10.1 Å². The van der Waals surface area contributed by atoms with E-state index in [4.69, 9.17) is 15.3 Å². The molecule has 1 aliphatic heterocycles. The quantitative estimate of drug-likeness (QED) is 0.364. The Kier molecular flexibility index (Phi) is 1.55. The van der Waals surface area contributed by atoms with Gasteiger partial charge in [-0.1, -0.05) is 0 Å². The van der Waals surface area contributed by atoms with Crippen LogP contribution in [0.15, 0.2) is 17.4 Å². The van der Waals surface area contributed by atoms with Crippen LogP contribution >= 0.6 is 0 Å². The molecule has 0 aliphatic carbocycles. The Labute approximate surface area is 68.8 Å². The molecule has 5 nitrogen and oxygen atoms in total. The molecule has 0 spiro atoms. The van der Waals surface area contributed by atoms with Gasteiger partial charge in [0.2, 0.25) is 6.79 Å². The summed E-state index contributed by atoms with van der Waals surface area (Å²) in [6.07, 6.45) is 3.03. The molecule has 0 aromatic carbocycles. The van der Waals surface area contributed by atoms with Crippen LogP contribution in [0.2, 0.25) is 0 Å². The maximum atomic E-state index is 5.12. The Morgan fingerprint density at radius 3 is 3.17 bits per heavy atom. The zero-order chi connectivity index (χ0) is 8.39. The van der Waals surface area contributed by atoms with Gasteiger partial charge >= 0.3 is 0 Å². The van der Waals surface area contributed by atoms with Crippen molar-refractivity contribution >= 4 is 6.21 Å². The standard InChI is InChI=1S/C7H7N3O2/c8-10-2-5-1-6-7(3-9-5)12-4-11-6/h1-3H,4,8H2/b10-2+. The monoisotopic (exact) mass is 165 g/mol. The van der Waals surface area contributed by atoms with Crippen LogP contribution in [0.25, 0.3) is 0 Å². The molecule has 0 fully saturated rings. The van der Waals surface area contributed by atoms with Gasteiger partial charge in [0, 0.05) is 6.07 Å². The summed E-state index contributed by atoms with van der Waals surface area (Å²) in [5.41, 5.74) is 0.654. The van der Waals surface area contributed by atoms with Crippen LogP contribution in [-0.4, -0.2) is 18.0 Å². The van der Waals surface area contributed by atoms with Gasteiger partial charge in [-0.2, -0.15) is 5.10 Å². The molecule has 2 rings (SSSR count). The normalized spacial score (nSPS) is 14.0. The van der Waals surface area contributed by atoms with Gasteiger partial charge in [0.15, 0.2) is 11.5 Å². The number of hydrogen-bond acceptors (Lipinski definition) is 5. The summed E-state index contributed by atoms with van der Waals surface area (Å²) < 4.78 is 10.2. The van der Waals surface area contributed by atoms with Gasteiger partial charge in [0.05, 0.1) is 18.1 Å². The first-order chi connectivity index (χ1) is 5.90. The highest BCUT2D eigenvalue weighted by Gasteiger charge is 2.13. The van der Waals surface area contributed by atoms with Crippen molar-refractivity contribution in [2.45, 2.75) is 0 Å². The van der Waals surface area contributed by atoms with E-state index < -0.39 is 0 Å². The lowest BCUT2D eigenvalue weighted by atomic mass is 10.3. The van der Waals surface area contributed by atoms with Crippen LogP contribution in [0.3, 0.4) is 0 Å². The lowest BCUT2D eigenvalue weighted by Crippen LogP contribution is -1.93. The number of aromatic nitrogens is 1. The molecule has 62 valence electrons. The first-order valence-corrected chi connectivity index (χ1v) is 3.39. The van der Waals surface area contributed by atoms with E-state index in [1.807, 2.05) is 0 Å². The minimum atomic E-state index is 0.250. The van der Waals surface area contributed by atoms with E-state index in [0.717, 1.165) is 0 Å². The molecule has 1 aromatic heterocycles. The van der Waals surface area contributed by atoms with Crippen LogP contribution in [0, 0.1) is 0 Å². The summed E-state index contributed by atoms with van der Waals surface area (Å²) in [5, 5.41) is 3.35. The Bertz CT molecular complexity index is 324. The summed E-state index contributed by atoms with van der Waals surface area (Å²) in [4.78, 5) is 4.01. The maximum Gasteiger partial charge on any atom is 0.231 e. The topological polar surface area (TPSA) is 69.7 Å². The van der Waals surface area contributed by atoms with Gasteiger partial charge in [0.25, 0.3) is 0 Å². The van der Waals surface area contributed by atoms with Gasteiger partial charge in [0.1, 0.15) is 0 Å². The molecule has 0 saturated heterocycles. The number of nitrogens with zero attached hydrogens (tertiary/aromatic N) is 2. The fraction of sp³-hybridized carbons (Fsp3) is 0.143. The molecule has 2 heterocycles. The largest absolute Gasteiger partial charge is 0.453 e. The van der Waals surface area contributed by atoms with E-state index >= 15 is 0 Å². The highest BCUT2D eigenvalue weighted by molar-refractivity contribution is 5.77. The van der Waals surface area contributed by atoms with Crippen LogP contribution < -0.4 is 15.3 Å². The zero-order valence-corrected chi connectivity index (χ0v) is 6.23. The molecule has 1 aromatic rings. The Balaban J connectivity index is 2.38. The summed E-state index contributed by atoms with van der Waals surface area (Å²) in [6.45, 7) is 0.250. The Morgan fingerprint density at radius 2 is 2.33 bits per heavy atom. The summed E-state index contributed by atoms with van der Waals surface area (Å²) in [5.74, 6) is 6.30. The molecular weight excluding hydrogens is 158 g/mol. The van der Waals surface area contributed by atoms with Gasteiger partial charge in [-0.3, -0.25) is 4.98 Å².